The van der Waals surface area contributed by atoms with Crippen molar-refractivity contribution >= 4 is 5.91 Å². The van der Waals surface area contributed by atoms with Crippen molar-refractivity contribution in [1.29, 1.82) is 0 Å². The third kappa shape index (κ3) is 2.58. The molecule has 3 N–H and O–H groups in total. The minimum Gasteiger partial charge on any atom is -0.348 e. The topological polar surface area (TPSA) is 69.8 Å². The summed E-state index contributed by atoms with van der Waals surface area (Å²) in [5.41, 5.74) is 3.17. The second-order valence-electron chi connectivity index (χ2n) is 5.11. The van der Waals surface area contributed by atoms with Crippen molar-refractivity contribution in [1.82, 2.24) is 20.6 Å². The van der Waals surface area contributed by atoms with Crippen molar-refractivity contribution in [3.63, 3.8) is 0 Å². The molecule has 0 saturated carbocycles. The van der Waals surface area contributed by atoms with E-state index in [1.165, 1.54) is 0 Å². The maximum Gasteiger partial charge on any atom is 0.238 e. The summed E-state index contributed by atoms with van der Waals surface area (Å²) in [6, 6.07) is 9.76. The number of carbonyl (C=O) groups excluding carboxylic acids is 1. The average molecular weight is 270 g/mol. The molecule has 2 atom stereocenters. The molecule has 0 bridgehead atoms. The summed E-state index contributed by atoms with van der Waals surface area (Å²) in [7, 11) is 0. The van der Waals surface area contributed by atoms with Gasteiger partial charge in [-0.25, -0.2) is 4.98 Å². The van der Waals surface area contributed by atoms with Gasteiger partial charge in [-0.05, 0) is 12.5 Å². The van der Waals surface area contributed by atoms with E-state index in [1.54, 1.807) is 6.33 Å². The third-order valence-corrected chi connectivity index (χ3v) is 3.71. The Morgan fingerprint density at radius 2 is 2.20 bits per heavy atom. The number of aromatic amines is 1. The molecule has 0 aliphatic carbocycles. The highest BCUT2D eigenvalue weighted by molar-refractivity contribution is 5.82. The maximum atomic E-state index is 12.3. The lowest BCUT2D eigenvalue weighted by Crippen LogP contribution is -2.48. The van der Waals surface area contributed by atoms with Gasteiger partial charge in [0.05, 0.1) is 29.8 Å². The lowest BCUT2D eigenvalue weighted by atomic mass is 10.0. The molecule has 0 fully saturated rings. The van der Waals surface area contributed by atoms with E-state index in [1.807, 2.05) is 37.3 Å². The molecule has 1 aromatic carbocycles. The highest BCUT2D eigenvalue weighted by atomic mass is 16.2. The first kappa shape index (κ1) is 12.9. The van der Waals surface area contributed by atoms with E-state index in [4.69, 9.17) is 0 Å². The highest BCUT2D eigenvalue weighted by Crippen LogP contribution is 2.15. The summed E-state index contributed by atoms with van der Waals surface area (Å²) in [4.78, 5) is 19.6. The van der Waals surface area contributed by atoms with Crippen molar-refractivity contribution < 1.29 is 4.79 Å². The van der Waals surface area contributed by atoms with Gasteiger partial charge in [0.25, 0.3) is 0 Å². The summed E-state index contributed by atoms with van der Waals surface area (Å²) in [5, 5.41) is 6.28. The molecule has 5 nitrogen and oxygen atoms in total. The van der Waals surface area contributed by atoms with Crippen LogP contribution in [0.25, 0.3) is 0 Å². The molecule has 1 amide bonds. The van der Waals surface area contributed by atoms with Crippen LogP contribution < -0.4 is 10.6 Å². The molecule has 2 heterocycles. The van der Waals surface area contributed by atoms with Crippen LogP contribution in [0, 0.1) is 0 Å². The van der Waals surface area contributed by atoms with E-state index in [9.17, 15) is 4.79 Å². The van der Waals surface area contributed by atoms with Gasteiger partial charge in [0, 0.05) is 13.0 Å². The number of carbonyl (C=O) groups is 1. The first-order chi connectivity index (χ1) is 9.74. The van der Waals surface area contributed by atoms with E-state index in [2.05, 4.69) is 20.6 Å². The highest BCUT2D eigenvalue weighted by Gasteiger charge is 2.26. The number of aromatic nitrogens is 2. The first-order valence-corrected chi connectivity index (χ1v) is 6.84. The fourth-order valence-electron chi connectivity index (χ4n) is 2.49. The number of rotatable bonds is 3. The second-order valence-corrected chi connectivity index (χ2v) is 5.11. The van der Waals surface area contributed by atoms with Gasteiger partial charge in [0.2, 0.25) is 5.91 Å². The minimum absolute atomic E-state index is 0.00563. The molecule has 1 aliphatic rings. The quantitative estimate of drug-likeness (QED) is 0.787. The minimum atomic E-state index is -0.211. The molecule has 0 spiro atoms. The van der Waals surface area contributed by atoms with Crippen LogP contribution >= 0.6 is 0 Å². The molecule has 0 saturated heterocycles. The number of nitrogens with one attached hydrogen (secondary N) is 3. The number of fused-ring (bicyclic) bond motifs is 1. The van der Waals surface area contributed by atoms with E-state index >= 15 is 0 Å². The zero-order valence-electron chi connectivity index (χ0n) is 11.4. The van der Waals surface area contributed by atoms with Crippen LogP contribution in [-0.4, -0.2) is 21.9 Å². The van der Waals surface area contributed by atoms with Gasteiger partial charge < -0.3 is 10.3 Å². The van der Waals surface area contributed by atoms with Crippen molar-refractivity contribution in [3.8, 4) is 0 Å². The molecular formula is C15H18N4O. The Kier molecular flexibility index (Phi) is 3.52. The van der Waals surface area contributed by atoms with Crippen LogP contribution in [0.1, 0.15) is 29.9 Å². The standard InChI is InChI=1S/C15H18N4O/c1-10(11-5-3-2-4-6-11)19-15(20)13-7-12-14(8-16-13)18-9-17-12/h2-6,9-10,13,16H,7-8H2,1H3,(H,17,18)(H,19,20). The number of benzene rings is 1. The monoisotopic (exact) mass is 270 g/mol. The van der Waals surface area contributed by atoms with Gasteiger partial charge in [-0.2, -0.15) is 0 Å². The van der Waals surface area contributed by atoms with Gasteiger partial charge in [-0.3, -0.25) is 10.1 Å². The Labute approximate surface area is 117 Å². The summed E-state index contributed by atoms with van der Waals surface area (Å²) in [6.45, 7) is 2.66. The second kappa shape index (κ2) is 5.46. The number of hydrogen-bond acceptors (Lipinski definition) is 3. The molecule has 5 heteroatoms. The molecule has 20 heavy (non-hydrogen) atoms. The molecule has 3 rings (SSSR count). The van der Waals surface area contributed by atoms with Gasteiger partial charge in [-0.1, -0.05) is 30.3 Å². The molecule has 0 radical (unpaired) electrons. The predicted molar refractivity (Wildman–Crippen MR) is 75.9 cm³/mol. The fourth-order valence-corrected chi connectivity index (χ4v) is 2.49. The Bertz CT molecular complexity index is 593. The Morgan fingerprint density at radius 1 is 1.40 bits per heavy atom. The fraction of sp³-hybridized carbons (Fsp3) is 0.333. The van der Waals surface area contributed by atoms with Crippen LogP contribution in [0.3, 0.4) is 0 Å². The third-order valence-electron chi connectivity index (χ3n) is 3.71. The molecule has 1 aliphatic heterocycles. The molecule has 2 aromatic rings. The van der Waals surface area contributed by atoms with E-state index in [0.29, 0.717) is 13.0 Å². The van der Waals surface area contributed by atoms with E-state index in [-0.39, 0.29) is 18.0 Å². The number of amides is 1. The van der Waals surface area contributed by atoms with Gasteiger partial charge in [0.1, 0.15) is 0 Å². The summed E-state index contributed by atoms with van der Waals surface area (Å²) in [5.74, 6) is 0.0232. The Hall–Kier alpha value is -2.14. The Morgan fingerprint density at radius 3 is 3.00 bits per heavy atom. The lowest BCUT2D eigenvalue weighted by Gasteiger charge is -2.24. The van der Waals surface area contributed by atoms with Crippen LogP contribution in [0.5, 0.6) is 0 Å². The number of hydrogen-bond donors (Lipinski definition) is 3. The zero-order chi connectivity index (χ0) is 13.9. The van der Waals surface area contributed by atoms with E-state index in [0.717, 1.165) is 17.0 Å². The SMILES string of the molecule is CC(NC(=O)C1Cc2nc[nH]c2CN1)c1ccccc1. The largest absolute Gasteiger partial charge is 0.348 e. The van der Waals surface area contributed by atoms with Crippen LogP contribution in [-0.2, 0) is 17.8 Å². The van der Waals surface area contributed by atoms with Crippen LogP contribution in [0.15, 0.2) is 36.7 Å². The van der Waals surface area contributed by atoms with Gasteiger partial charge >= 0.3 is 0 Å². The summed E-state index contributed by atoms with van der Waals surface area (Å²) < 4.78 is 0. The molecule has 104 valence electrons. The van der Waals surface area contributed by atoms with Crippen LogP contribution in [0.4, 0.5) is 0 Å². The van der Waals surface area contributed by atoms with Crippen molar-refractivity contribution in [2.75, 3.05) is 0 Å². The smallest absolute Gasteiger partial charge is 0.238 e. The van der Waals surface area contributed by atoms with Gasteiger partial charge in [0.15, 0.2) is 0 Å². The zero-order valence-corrected chi connectivity index (χ0v) is 11.4. The summed E-state index contributed by atoms with van der Waals surface area (Å²) >= 11 is 0. The molecular weight excluding hydrogens is 252 g/mol. The maximum absolute atomic E-state index is 12.3. The lowest BCUT2D eigenvalue weighted by molar-refractivity contribution is -0.124. The first-order valence-electron chi connectivity index (χ1n) is 6.84. The van der Waals surface area contributed by atoms with Crippen LogP contribution in [0.2, 0.25) is 0 Å². The van der Waals surface area contributed by atoms with Gasteiger partial charge in [-0.15, -0.1) is 0 Å². The predicted octanol–water partition coefficient (Wildman–Crippen LogP) is 1.30. The molecule has 2 unspecified atom stereocenters. The van der Waals surface area contributed by atoms with Crippen molar-refractivity contribution in [3.05, 3.63) is 53.6 Å². The number of imidazole rings is 1. The van der Waals surface area contributed by atoms with Crippen molar-refractivity contribution in [2.24, 2.45) is 0 Å². The molecule has 1 aromatic heterocycles. The number of H-pyrrole nitrogens is 1. The van der Waals surface area contributed by atoms with E-state index < -0.39 is 0 Å². The Balaban J connectivity index is 1.63. The van der Waals surface area contributed by atoms with Crippen molar-refractivity contribution in [2.45, 2.75) is 32.0 Å². The normalized spacial score (nSPS) is 19.1. The number of nitrogens with zero attached hydrogens (tertiary/aromatic N) is 1. The summed E-state index contributed by atoms with van der Waals surface area (Å²) in [6.07, 6.45) is 2.31. The average Bonchev–Trinajstić information content (AvgIpc) is 2.95.